The highest BCUT2D eigenvalue weighted by Crippen LogP contribution is 2.28. The van der Waals surface area contributed by atoms with Gasteiger partial charge in [-0.1, -0.05) is 60.1 Å². The Hall–Kier alpha value is -0.600. The van der Waals surface area contributed by atoms with Crippen LogP contribution in [0.15, 0.2) is 22.5 Å². The smallest absolute Gasteiger partial charge is 0.233 e. The van der Waals surface area contributed by atoms with Crippen molar-refractivity contribution in [3.63, 3.8) is 0 Å². The lowest BCUT2D eigenvalue weighted by atomic mass is 9.92. The molecule has 1 aromatic heterocycles. The Balaban J connectivity index is 1.67. The maximum atomic E-state index is 12.5. The Morgan fingerprint density at radius 2 is 2.00 bits per heavy atom. The summed E-state index contributed by atoms with van der Waals surface area (Å²) in [6.45, 7) is 6.09. The zero-order valence-corrected chi connectivity index (χ0v) is 18.4. The zero-order valence-electron chi connectivity index (χ0n) is 14.4. The van der Waals surface area contributed by atoms with Crippen LogP contribution in [0.4, 0.5) is 0 Å². The van der Waals surface area contributed by atoms with Gasteiger partial charge in [0.1, 0.15) is 0 Å². The van der Waals surface area contributed by atoms with Crippen molar-refractivity contribution in [1.82, 2.24) is 14.7 Å². The predicted molar refractivity (Wildman–Crippen MR) is 113 cm³/mol. The van der Waals surface area contributed by atoms with Crippen molar-refractivity contribution in [1.29, 1.82) is 0 Å². The van der Waals surface area contributed by atoms with Crippen molar-refractivity contribution in [2.45, 2.75) is 24.6 Å². The van der Waals surface area contributed by atoms with Crippen molar-refractivity contribution >= 4 is 64.4 Å². The summed E-state index contributed by atoms with van der Waals surface area (Å²) in [6, 6.07) is 5.27. The Morgan fingerprint density at radius 3 is 2.65 bits per heavy atom. The molecule has 2 unspecified atom stereocenters. The van der Waals surface area contributed by atoms with Gasteiger partial charge in [0.25, 0.3) is 0 Å². The summed E-state index contributed by atoms with van der Waals surface area (Å²) in [7, 11) is 0. The molecule has 9 heteroatoms. The molecule has 2 heterocycles. The van der Waals surface area contributed by atoms with Crippen LogP contribution in [0.1, 0.15) is 20.3 Å². The van der Waals surface area contributed by atoms with Crippen LogP contribution in [-0.2, 0) is 4.79 Å². The standard InChI is InChI=1S/C17H19Cl2N3OS3/c1-10-5-11(2)8-21(7-10)15(23)9-25-16-20-22(17(24)26-16)12-3-4-13(18)14(19)6-12/h3-4,6,10-11H,5,7-9H2,1-2H3. The summed E-state index contributed by atoms with van der Waals surface area (Å²) in [4.78, 5) is 14.5. The van der Waals surface area contributed by atoms with Gasteiger partial charge in [0, 0.05) is 13.1 Å². The van der Waals surface area contributed by atoms with Gasteiger partial charge in [-0.15, -0.1) is 5.10 Å². The number of likely N-dealkylation sites (tertiary alicyclic amines) is 1. The minimum atomic E-state index is 0.163. The average molecular weight is 448 g/mol. The van der Waals surface area contributed by atoms with Crippen molar-refractivity contribution in [2.24, 2.45) is 11.8 Å². The fourth-order valence-corrected chi connectivity index (χ4v) is 5.74. The van der Waals surface area contributed by atoms with E-state index in [1.165, 1.54) is 29.5 Å². The topological polar surface area (TPSA) is 38.1 Å². The van der Waals surface area contributed by atoms with E-state index in [2.05, 4.69) is 18.9 Å². The number of benzene rings is 1. The first-order valence-electron chi connectivity index (χ1n) is 8.29. The monoisotopic (exact) mass is 447 g/mol. The van der Waals surface area contributed by atoms with Crippen molar-refractivity contribution in [3.8, 4) is 5.69 Å². The molecule has 140 valence electrons. The number of nitrogens with zero attached hydrogens (tertiary/aromatic N) is 3. The van der Waals surface area contributed by atoms with E-state index >= 15 is 0 Å². The summed E-state index contributed by atoms with van der Waals surface area (Å²) >= 11 is 20.3. The van der Waals surface area contributed by atoms with E-state index in [4.69, 9.17) is 35.4 Å². The lowest BCUT2D eigenvalue weighted by molar-refractivity contribution is -0.130. The molecule has 1 aliphatic heterocycles. The van der Waals surface area contributed by atoms with Crippen LogP contribution in [0.25, 0.3) is 5.69 Å². The quantitative estimate of drug-likeness (QED) is 0.453. The largest absolute Gasteiger partial charge is 0.341 e. The second-order valence-corrected chi connectivity index (χ2v) is 10.3. The van der Waals surface area contributed by atoms with Gasteiger partial charge in [0.15, 0.2) is 8.29 Å². The number of hydrogen-bond donors (Lipinski definition) is 0. The normalized spacial score (nSPS) is 20.4. The van der Waals surface area contributed by atoms with E-state index in [1.54, 1.807) is 16.8 Å². The van der Waals surface area contributed by atoms with Gasteiger partial charge < -0.3 is 4.90 Å². The third-order valence-electron chi connectivity index (χ3n) is 4.22. The van der Waals surface area contributed by atoms with Crippen LogP contribution in [0.2, 0.25) is 10.0 Å². The highest BCUT2D eigenvalue weighted by Gasteiger charge is 2.25. The molecule has 0 spiro atoms. The first-order chi connectivity index (χ1) is 12.3. The van der Waals surface area contributed by atoms with Gasteiger partial charge >= 0.3 is 0 Å². The third-order valence-corrected chi connectivity index (χ3v) is 7.31. The minimum absolute atomic E-state index is 0.163. The van der Waals surface area contributed by atoms with Gasteiger partial charge in [0.05, 0.1) is 21.5 Å². The highest BCUT2D eigenvalue weighted by atomic mass is 35.5. The number of piperidine rings is 1. The zero-order chi connectivity index (χ0) is 18.8. The lowest BCUT2D eigenvalue weighted by Crippen LogP contribution is -2.43. The number of rotatable bonds is 4. The third kappa shape index (κ3) is 4.81. The SMILES string of the molecule is CC1CC(C)CN(C(=O)CSc2nn(-c3ccc(Cl)c(Cl)c3)c(=S)s2)C1. The van der Waals surface area contributed by atoms with Gasteiger partial charge in [-0.3, -0.25) is 4.79 Å². The van der Waals surface area contributed by atoms with Crippen LogP contribution >= 0.6 is 58.5 Å². The van der Waals surface area contributed by atoms with Crippen LogP contribution in [-0.4, -0.2) is 39.4 Å². The maximum absolute atomic E-state index is 12.5. The molecule has 26 heavy (non-hydrogen) atoms. The van der Waals surface area contributed by atoms with Crippen molar-refractivity contribution in [2.75, 3.05) is 18.8 Å². The summed E-state index contributed by atoms with van der Waals surface area (Å²) in [5, 5.41) is 5.46. The molecule has 4 nitrogen and oxygen atoms in total. The molecule has 1 fully saturated rings. The molecule has 0 N–H and O–H groups in total. The van der Waals surface area contributed by atoms with Gasteiger partial charge in [-0.2, -0.15) is 0 Å². The summed E-state index contributed by atoms with van der Waals surface area (Å²) in [6.07, 6.45) is 1.19. The average Bonchev–Trinajstić information content (AvgIpc) is 2.95. The van der Waals surface area contributed by atoms with E-state index in [9.17, 15) is 4.79 Å². The van der Waals surface area contributed by atoms with E-state index < -0.39 is 0 Å². The van der Waals surface area contributed by atoms with Crippen LogP contribution in [0.5, 0.6) is 0 Å². The second-order valence-electron chi connectivity index (χ2n) is 6.68. The van der Waals surface area contributed by atoms with Gasteiger partial charge in [0.2, 0.25) is 5.91 Å². The Bertz CT molecular complexity index is 857. The molecule has 2 aromatic rings. The number of hydrogen-bond acceptors (Lipinski definition) is 5. The molecule has 0 radical (unpaired) electrons. The van der Waals surface area contributed by atoms with Gasteiger partial charge in [-0.05, 0) is 48.7 Å². The first-order valence-corrected chi connectivity index (χ1v) is 11.3. The Kier molecular flexibility index (Phi) is 6.67. The molecular weight excluding hydrogens is 429 g/mol. The van der Waals surface area contributed by atoms with E-state index in [1.807, 2.05) is 11.0 Å². The number of amides is 1. The molecule has 3 rings (SSSR count). The van der Waals surface area contributed by atoms with Crippen LogP contribution in [0.3, 0.4) is 0 Å². The highest BCUT2D eigenvalue weighted by molar-refractivity contribution is 8.01. The number of carbonyl (C=O) groups excluding carboxylic acids is 1. The van der Waals surface area contributed by atoms with E-state index in [0.717, 1.165) is 23.1 Å². The minimum Gasteiger partial charge on any atom is -0.341 e. The number of halogens is 2. The second kappa shape index (κ2) is 8.61. The molecule has 2 atom stereocenters. The van der Waals surface area contributed by atoms with Crippen molar-refractivity contribution in [3.05, 3.63) is 32.2 Å². The fraction of sp³-hybridized carbons (Fsp3) is 0.471. The van der Waals surface area contributed by atoms with Crippen molar-refractivity contribution < 1.29 is 4.79 Å². The fourth-order valence-electron chi connectivity index (χ4n) is 3.18. The van der Waals surface area contributed by atoms with E-state index in [-0.39, 0.29) is 5.91 Å². The molecule has 0 bridgehead atoms. The summed E-state index contributed by atoms with van der Waals surface area (Å²) in [5.74, 6) is 1.66. The van der Waals surface area contributed by atoms with Crippen LogP contribution < -0.4 is 0 Å². The first kappa shape index (κ1) is 20.1. The summed E-state index contributed by atoms with van der Waals surface area (Å²) < 4.78 is 3.03. The molecule has 1 amide bonds. The Morgan fingerprint density at radius 1 is 1.31 bits per heavy atom. The number of aromatic nitrogens is 2. The molecular formula is C17H19Cl2N3OS3. The number of thioether (sulfide) groups is 1. The molecule has 1 aromatic carbocycles. The maximum Gasteiger partial charge on any atom is 0.233 e. The van der Waals surface area contributed by atoms with E-state index in [0.29, 0.717) is 31.6 Å². The molecule has 1 saturated heterocycles. The van der Waals surface area contributed by atoms with Crippen LogP contribution in [0, 0.1) is 15.8 Å². The number of carbonyl (C=O) groups is 1. The lowest BCUT2D eigenvalue weighted by Gasteiger charge is -2.34. The summed E-state index contributed by atoms with van der Waals surface area (Å²) in [5.41, 5.74) is 0.762. The molecule has 1 aliphatic rings. The Labute approximate surface area is 176 Å². The molecule has 0 saturated carbocycles. The molecule has 0 aliphatic carbocycles. The van der Waals surface area contributed by atoms with Gasteiger partial charge in [-0.25, -0.2) is 4.68 Å². The predicted octanol–water partition coefficient (Wildman–Crippen LogP) is 5.57.